The molecule has 1 spiro atoms. The fourth-order valence-corrected chi connectivity index (χ4v) is 2.37. The van der Waals surface area contributed by atoms with Crippen LogP contribution in [0.2, 0.25) is 0 Å². The monoisotopic (exact) mass is 199 g/mol. The highest BCUT2D eigenvalue weighted by Crippen LogP contribution is 2.53. The summed E-state index contributed by atoms with van der Waals surface area (Å²) in [6.07, 6.45) is 1.61. The molecule has 2 unspecified atom stereocenters. The number of ether oxygens (including phenoxy) is 1. The van der Waals surface area contributed by atoms with Gasteiger partial charge in [0.05, 0.1) is 6.10 Å². The van der Waals surface area contributed by atoms with Gasteiger partial charge in [0, 0.05) is 12.0 Å². The topological polar surface area (TPSA) is 58.6 Å². The number of carboxylic acid groups (broad SMARTS) is 1. The number of nitrogens with one attached hydrogen (secondary N) is 1. The SMILES string of the molecule is CC(C)C1OC(C(=O)O)NCC12CC2. The van der Waals surface area contributed by atoms with E-state index in [1.165, 1.54) is 0 Å². The highest BCUT2D eigenvalue weighted by Gasteiger charge is 2.54. The Kier molecular flexibility index (Phi) is 2.27. The van der Waals surface area contributed by atoms with Crippen molar-refractivity contribution in [2.24, 2.45) is 11.3 Å². The Hall–Kier alpha value is -0.610. The van der Waals surface area contributed by atoms with E-state index in [2.05, 4.69) is 19.2 Å². The zero-order valence-corrected chi connectivity index (χ0v) is 8.62. The molecule has 80 valence electrons. The lowest BCUT2D eigenvalue weighted by molar-refractivity contribution is -0.173. The molecular weight excluding hydrogens is 182 g/mol. The van der Waals surface area contributed by atoms with Gasteiger partial charge in [-0.05, 0) is 18.8 Å². The van der Waals surface area contributed by atoms with Crippen LogP contribution in [0.5, 0.6) is 0 Å². The van der Waals surface area contributed by atoms with Crippen LogP contribution < -0.4 is 5.32 Å². The van der Waals surface area contributed by atoms with Crippen LogP contribution in [0, 0.1) is 11.3 Å². The first-order valence-corrected chi connectivity index (χ1v) is 5.17. The molecular formula is C10H17NO3. The smallest absolute Gasteiger partial charge is 0.348 e. The zero-order chi connectivity index (χ0) is 10.3. The van der Waals surface area contributed by atoms with Gasteiger partial charge in [-0.15, -0.1) is 0 Å². The van der Waals surface area contributed by atoms with Crippen molar-refractivity contribution in [1.82, 2.24) is 5.32 Å². The lowest BCUT2D eigenvalue weighted by atomic mass is 9.88. The maximum atomic E-state index is 10.8. The lowest BCUT2D eigenvalue weighted by Crippen LogP contribution is -2.54. The van der Waals surface area contributed by atoms with Crippen LogP contribution in [0.4, 0.5) is 0 Å². The Morgan fingerprint density at radius 1 is 1.57 bits per heavy atom. The van der Waals surface area contributed by atoms with Crippen molar-refractivity contribution >= 4 is 5.97 Å². The number of carboxylic acids is 1. The summed E-state index contributed by atoms with van der Waals surface area (Å²) in [5, 5.41) is 11.8. The van der Waals surface area contributed by atoms with Gasteiger partial charge in [-0.2, -0.15) is 0 Å². The van der Waals surface area contributed by atoms with Crippen LogP contribution in [-0.2, 0) is 9.53 Å². The van der Waals surface area contributed by atoms with E-state index in [-0.39, 0.29) is 11.5 Å². The van der Waals surface area contributed by atoms with Gasteiger partial charge in [0.1, 0.15) is 0 Å². The van der Waals surface area contributed by atoms with E-state index < -0.39 is 12.2 Å². The molecule has 0 aromatic carbocycles. The molecule has 2 fully saturated rings. The van der Waals surface area contributed by atoms with E-state index in [1.54, 1.807) is 0 Å². The molecule has 4 heteroatoms. The van der Waals surface area contributed by atoms with E-state index in [0.29, 0.717) is 5.92 Å². The number of aliphatic carboxylic acids is 1. The van der Waals surface area contributed by atoms with E-state index >= 15 is 0 Å². The summed E-state index contributed by atoms with van der Waals surface area (Å²) in [6.45, 7) is 4.97. The molecule has 0 bridgehead atoms. The van der Waals surface area contributed by atoms with Crippen molar-refractivity contribution < 1.29 is 14.6 Å². The summed E-state index contributed by atoms with van der Waals surface area (Å²) >= 11 is 0. The second-order valence-corrected chi connectivity index (χ2v) is 4.76. The van der Waals surface area contributed by atoms with Gasteiger partial charge in [0.2, 0.25) is 6.23 Å². The summed E-state index contributed by atoms with van der Waals surface area (Å²) < 4.78 is 5.58. The van der Waals surface area contributed by atoms with E-state index in [9.17, 15) is 4.79 Å². The molecule has 0 aromatic rings. The Morgan fingerprint density at radius 2 is 2.21 bits per heavy atom. The maximum absolute atomic E-state index is 10.8. The maximum Gasteiger partial charge on any atom is 0.348 e. The van der Waals surface area contributed by atoms with Gasteiger partial charge < -0.3 is 9.84 Å². The van der Waals surface area contributed by atoms with E-state index in [4.69, 9.17) is 9.84 Å². The Bertz CT molecular complexity index is 248. The van der Waals surface area contributed by atoms with Gasteiger partial charge in [-0.25, -0.2) is 4.79 Å². The van der Waals surface area contributed by atoms with Crippen molar-refractivity contribution in [2.75, 3.05) is 6.54 Å². The Balaban J connectivity index is 2.06. The Labute approximate surface area is 83.6 Å². The molecule has 0 radical (unpaired) electrons. The van der Waals surface area contributed by atoms with Gasteiger partial charge in [0.25, 0.3) is 0 Å². The van der Waals surface area contributed by atoms with Gasteiger partial charge >= 0.3 is 5.97 Å². The minimum atomic E-state index is -0.911. The third kappa shape index (κ3) is 1.53. The molecule has 2 N–H and O–H groups in total. The number of carbonyl (C=O) groups is 1. The molecule has 1 heterocycles. The van der Waals surface area contributed by atoms with Gasteiger partial charge in [0.15, 0.2) is 0 Å². The van der Waals surface area contributed by atoms with Gasteiger partial charge in [-0.1, -0.05) is 13.8 Å². The van der Waals surface area contributed by atoms with Crippen LogP contribution in [0.3, 0.4) is 0 Å². The van der Waals surface area contributed by atoms with Crippen molar-refractivity contribution in [3.05, 3.63) is 0 Å². The van der Waals surface area contributed by atoms with Gasteiger partial charge in [-0.3, -0.25) is 5.32 Å². The first kappa shape index (κ1) is 9.93. The summed E-state index contributed by atoms with van der Waals surface area (Å²) in [4.78, 5) is 10.8. The summed E-state index contributed by atoms with van der Waals surface area (Å²) in [6, 6.07) is 0. The Morgan fingerprint density at radius 3 is 2.64 bits per heavy atom. The fraction of sp³-hybridized carbons (Fsp3) is 0.900. The standard InChI is InChI=1S/C10H17NO3/c1-6(2)7-10(3-4-10)5-11-8(14-7)9(12)13/h6-8,11H,3-5H2,1-2H3,(H,12,13). The quantitative estimate of drug-likeness (QED) is 0.691. The molecule has 4 nitrogen and oxygen atoms in total. The average molecular weight is 199 g/mol. The highest BCUT2D eigenvalue weighted by atomic mass is 16.5. The first-order valence-electron chi connectivity index (χ1n) is 5.17. The predicted molar refractivity (Wildman–Crippen MR) is 50.8 cm³/mol. The summed E-state index contributed by atoms with van der Waals surface area (Å²) in [5.41, 5.74) is 0.236. The second-order valence-electron chi connectivity index (χ2n) is 4.76. The molecule has 2 rings (SSSR count). The van der Waals surface area contributed by atoms with Crippen LogP contribution in [-0.4, -0.2) is 30.0 Å². The number of hydrogen-bond acceptors (Lipinski definition) is 3. The van der Waals surface area contributed by atoms with Crippen LogP contribution in [0.25, 0.3) is 0 Å². The minimum absolute atomic E-state index is 0.102. The van der Waals surface area contributed by atoms with Crippen molar-refractivity contribution in [3.63, 3.8) is 0 Å². The van der Waals surface area contributed by atoms with E-state index in [1.807, 2.05) is 0 Å². The minimum Gasteiger partial charge on any atom is -0.478 e. The summed E-state index contributed by atoms with van der Waals surface area (Å²) in [7, 11) is 0. The third-order valence-corrected chi connectivity index (χ3v) is 3.25. The molecule has 1 saturated heterocycles. The number of hydrogen-bond donors (Lipinski definition) is 2. The van der Waals surface area contributed by atoms with Crippen molar-refractivity contribution in [1.29, 1.82) is 0 Å². The molecule has 14 heavy (non-hydrogen) atoms. The summed E-state index contributed by atoms with van der Waals surface area (Å²) in [5.74, 6) is -0.521. The molecule has 1 aliphatic carbocycles. The molecule has 2 aliphatic rings. The second kappa shape index (κ2) is 3.21. The third-order valence-electron chi connectivity index (χ3n) is 3.25. The van der Waals surface area contributed by atoms with Crippen molar-refractivity contribution in [2.45, 2.75) is 39.0 Å². The van der Waals surface area contributed by atoms with E-state index in [0.717, 1.165) is 19.4 Å². The van der Waals surface area contributed by atoms with Crippen LogP contribution >= 0.6 is 0 Å². The molecule has 1 aliphatic heterocycles. The largest absolute Gasteiger partial charge is 0.478 e. The lowest BCUT2D eigenvalue weighted by Gasteiger charge is -2.38. The highest BCUT2D eigenvalue weighted by molar-refractivity contribution is 5.72. The first-order chi connectivity index (χ1) is 6.55. The molecule has 2 atom stereocenters. The van der Waals surface area contributed by atoms with Crippen molar-refractivity contribution in [3.8, 4) is 0 Å². The normalized spacial score (nSPS) is 34.8. The predicted octanol–water partition coefficient (Wildman–Crippen LogP) is 0.822. The number of rotatable bonds is 2. The zero-order valence-electron chi connectivity index (χ0n) is 8.62. The fourth-order valence-electron chi connectivity index (χ4n) is 2.37. The molecule has 1 saturated carbocycles. The molecule has 0 amide bonds. The van der Waals surface area contributed by atoms with Crippen LogP contribution in [0.1, 0.15) is 26.7 Å². The molecule has 0 aromatic heterocycles. The van der Waals surface area contributed by atoms with Crippen LogP contribution in [0.15, 0.2) is 0 Å². The average Bonchev–Trinajstić information content (AvgIpc) is 2.85.